The van der Waals surface area contributed by atoms with Crippen LogP contribution in [0.3, 0.4) is 0 Å². The van der Waals surface area contributed by atoms with Crippen molar-refractivity contribution in [1.29, 1.82) is 0 Å². The zero-order chi connectivity index (χ0) is 11.4. The molecule has 0 spiro atoms. The number of nitrogens with two attached hydrogens (primary N) is 1. The number of rotatable bonds is 5. The molecule has 0 fully saturated rings. The Morgan fingerprint density at radius 2 is 2.19 bits per heavy atom. The number of nitrogen functional groups attached to an aromatic ring is 1. The maximum absolute atomic E-state index is 5.26. The number of hydrazine groups is 1. The molecule has 5 nitrogen and oxygen atoms in total. The summed E-state index contributed by atoms with van der Waals surface area (Å²) in [6.07, 6.45) is 3.82. The van der Waals surface area contributed by atoms with Gasteiger partial charge in [0.05, 0.1) is 0 Å². The first kappa shape index (κ1) is 12.1. The molecule has 3 N–H and O–H groups in total. The summed E-state index contributed by atoms with van der Waals surface area (Å²) in [6.45, 7) is 0. The third-order valence-electron chi connectivity index (χ3n) is 1.58. The smallest absolute Gasteiger partial charge is 0.197 e. The SMILES string of the molecule is CSc1nnc(SCc2cnc(NN)s2)s1. The minimum absolute atomic E-state index is 0.734. The van der Waals surface area contributed by atoms with Crippen molar-refractivity contribution in [1.82, 2.24) is 15.2 Å². The lowest BCUT2D eigenvalue weighted by atomic mass is 10.6. The zero-order valence-corrected chi connectivity index (χ0v) is 11.6. The summed E-state index contributed by atoms with van der Waals surface area (Å²) in [5.41, 5.74) is 2.53. The normalized spacial score (nSPS) is 10.6. The molecule has 2 aromatic rings. The molecule has 16 heavy (non-hydrogen) atoms. The summed E-state index contributed by atoms with van der Waals surface area (Å²) in [5, 5.41) is 8.85. The second-order valence-electron chi connectivity index (χ2n) is 2.60. The molecule has 0 aliphatic carbocycles. The highest BCUT2D eigenvalue weighted by atomic mass is 32.2. The van der Waals surface area contributed by atoms with Crippen molar-refractivity contribution < 1.29 is 0 Å². The number of nitrogens with one attached hydrogen (secondary N) is 1. The first-order chi connectivity index (χ1) is 7.81. The van der Waals surface area contributed by atoms with E-state index in [1.807, 2.05) is 12.5 Å². The highest BCUT2D eigenvalue weighted by molar-refractivity contribution is 8.02. The van der Waals surface area contributed by atoms with Gasteiger partial charge >= 0.3 is 0 Å². The molecule has 2 aromatic heterocycles. The van der Waals surface area contributed by atoms with E-state index < -0.39 is 0 Å². The van der Waals surface area contributed by atoms with Crippen LogP contribution in [-0.2, 0) is 5.75 Å². The van der Waals surface area contributed by atoms with Crippen LogP contribution in [0.1, 0.15) is 4.88 Å². The van der Waals surface area contributed by atoms with Crippen LogP contribution in [0.15, 0.2) is 14.9 Å². The van der Waals surface area contributed by atoms with E-state index in [1.165, 1.54) is 4.88 Å². The van der Waals surface area contributed by atoms with Gasteiger partial charge in [0, 0.05) is 16.8 Å². The van der Waals surface area contributed by atoms with Crippen LogP contribution >= 0.6 is 46.2 Å². The molecule has 0 amide bonds. The molecule has 2 rings (SSSR count). The van der Waals surface area contributed by atoms with Crippen LogP contribution in [-0.4, -0.2) is 21.4 Å². The van der Waals surface area contributed by atoms with Gasteiger partial charge in [0.2, 0.25) is 0 Å². The van der Waals surface area contributed by atoms with Crippen molar-refractivity contribution in [3.63, 3.8) is 0 Å². The molecule has 0 saturated heterocycles. The van der Waals surface area contributed by atoms with E-state index in [4.69, 9.17) is 5.84 Å². The molecular formula is C7H9N5S4. The Bertz CT molecular complexity index is 411. The quantitative estimate of drug-likeness (QED) is 0.497. The van der Waals surface area contributed by atoms with Gasteiger partial charge in [-0.1, -0.05) is 34.9 Å². The third kappa shape index (κ3) is 3.08. The summed E-state index contributed by atoms with van der Waals surface area (Å²) in [7, 11) is 0. The first-order valence-electron chi connectivity index (χ1n) is 4.23. The molecule has 0 aliphatic rings. The molecule has 0 bridgehead atoms. The summed E-state index contributed by atoms with van der Waals surface area (Å²) < 4.78 is 1.98. The predicted molar refractivity (Wildman–Crippen MR) is 71.2 cm³/mol. The van der Waals surface area contributed by atoms with E-state index >= 15 is 0 Å². The number of hydrogen-bond donors (Lipinski definition) is 2. The number of hydrogen-bond acceptors (Lipinski definition) is 9. The van der Waals surface area contributed by atoms with Crippen LogP contribution in [0.2, 0.25) is 0 Å². The lowest BCUT2D eigenvalue weighted by Gasteiger charge is -1.91. The van der Waals surface area contributed by atoms with Gasteiger partial charge in [-0.15, -0.1) is 21.5 Å². The minimum atomic E-state index is 0.734. The van der Waals surface area contributed by atoms with Crippen molar-refractivity contribution >= 4 is 51.3 Å². The highest BCUT2D eigenvalue weighted by Gasteiger charge is 2.06. The van der Waals surface area contributed by atoms with Crippen molar-refractivity contribution in [2.45, 2.75) is 14.4 Å². The van der Waals surface area contributed by atoms with Crippen LogP contribution in [0.4, 0.5) is 5.13 Å². The van der Waals surface area contributed by atoms with Gasteiger partial charge in [-0.05, 0) is 6.26 Å². The van der Waals surface area contributed by atoms with Crippen LogP contribution in [0.5, 0.6) is 0 Å². The Kier molecular flexibility index (Phi) is 4.41. The molecule has 0 atom stereocenters. The molecule has 0 saturated carbocycles. The number of thiazole rings is 1. The van der Waals surface area contributed by atoms with Crippen molar-refractivity contribution in [2.24, 2.45) is 5.84 Å². The number of aromatic nitrogens is 3. The summed E-state index contributed by atoms with van der Waals surface area (Å²) in [6, 6.07) is 0. The highest BCUT2D eigenvalue weighted by Crippen LogP contribution is 2.31. The summed E-state index contributed by atoms with van der Waals surface area (Å²) in [4.78, 5) is 5.27. The van der Waals surface area contributed by atoms with E-state index in [2.05, 4.69) is 20.6 Å². The number of nitrogens with zero attached hydrogens (tertiary/aromatic N) is 3. The Labute approximate surface area is 109 Å². The molecule has 2 heterocycles. The monoisotopic (exact) mass is 291 g/mol. The topological polar surface area (TPSA) is 76.7 Å². The largest absolute Gasteiger partial charge is 0.300 e. The van der Waals surface area contributed by atoms with E-state index in [0.29, 0.717) is 0 Å². The fraction of sp³-hybridized carbons (Fsp3) is 0.286. The first-order valence-corrected chi connectivity index (χ1v) is 8.07. The van der Waals surface area contributed by atoms with E-state index in [0.717, 1.165) is 19.6 Å². The van der Waals surface area contributed by atoms with Crippen molar-refractivity contribution in [2.75, 3.05) is 11.7 Å². The fourth-order valence-electron chi connectivity index (χ4n) is 0.912. The standard InChI is InChI=1S/C7H9N5S4/c1-13-6-11-12-7(16-6)14-3-4-2-9-5(10-8)15-4/h2H,3,8H2,1H3,(H,9,10). The fourth-order valence-corrected chi connectivity index (χ4v) is 4.09. The molecule has 0 unspecified atom stereocenters. The average Bonchev–Trinajstić information content (AvgIpc) is 2.95. The second-order valence-corrected chi connectivity index (χ2v) is 6.97. The van der Waals surface area contributed by atoms with Gasteiger partial charge < -0.3 is 0 Å². The third-order valence-corrected chi connectivity index (χ3v) is 5.77. The van der Waals surface area contributed by atoms with Crippen LogP contribution in [0.25, 0.3) is 0 Å². The van der Waals surface area contributed by atoms with Crippen molar-refractivity contribution in [3.8, 4) is 0 Å². The average molecular weight is 291 g/mol. The molecule has 86 valence electrons. The van der Waals surface area contributed by atoms with Crippen LogP contribution in [0, 0.1) is 0 Å². The van der Waals surface area contributed by atoms with E-state index in [9.17, 15) is 0 Å². The second kappa shape index (κ2) is 5.82. The van der Waals surface area contributed by atoms with Crippen LogP contribution < -0.4 is 11.3 Å². The Hall–Kier alpha value is -0.350. The lowest BCUT2D eigenvalue weighted by molar-refractivity contribution is 0.956. The van der Waals surface area contributed by atoms with Gasteiger partial charge in [-0.3, -0.25) is 5.43 Å². The van der Waals surface area contributed by atoms with Crippen molar-refractivity contribution in [3.05, 3.63) is 11.1 Å². The molecular weight excluding hydrogens is 282 g/mol. The summed E-state index contributed by atoms with van der Waals surface area (Å²) >= 11 is 6.44. The zero-order valence-electron chi connectivity index (χ0n) is 8.34. The van der Waals surface area contributed by atoms with Gasteiger partial charge in [-0.25, -0.2) is 10.8 Å². The van der Waals surface area contributed by atoms with Gasteiger partial charge in [0.1, 0.15) is 0 Å². The maximum atomic E-state index is 5.26. The van der Waals surface area contributed by atoms with Gasteiger partial charge in [0.25, 0.3) is 0 Å². The molecule has 9 heteroatoms. The Morgan fingerprint density at radius 1 is 1.38 bits per heavy atom. The molecule has 0 aliphatic heterocycles. The number of thioether (sulfide) groups is 2. The number of anilines is 1. The van der Waals surface area contributed by atoms with Gasteiger partial charge in [-0.2, -0.15) is 0 Å². The van der Waals surface area contributed by atoms with E-state index in [-0.39, 0.29) is 0 Å². The predicted octanol–water partition coefficient (Wildman–Crippen LogP) is 2.29. The Balaban J connectivity index is 1.91. The maximum Gasteiger partial charge on any atom is 0.197 e. The molecule has 0 aromatic carbocycles. The van der Waals surface area contributed by atoms with E-state index in [1.54, 1.807) is 46.2 Å². The van der Waals surface area contributed by atoms with Gasteiger partial charge in [0.15, 0.2) is 13.8 Å². The minimum Gasteiger partial charge on any atom is -0.300 e. The summed E-state index contributed by atoms with van der Waals surface area (Å²) in [5.74, 6) is 6.11. The lowest BCUT2D eigenvalue weighted by Crippen LogP contribution is -2.05. The molecule has 0 radical (unpaired) electrons. The Morgan fingerprint density at radius 3 is 2.81 bits per heavy atom.